The molecule has 1 aromatic carbocycles. The minimum atomic E-state index is -0.196. The molecule has 1 aliphatic carbocycles. The van der Waals surface area contributed by atoms with Gasteiger partial charge in [0.1, 0.15) is 5.82 Å². The summed E-state index contributed by atoms with van der Waals surface area (Å²) in [5.41, 5.74) is 2.04. The van der Waals surface area contributed by atoms with Crippen LogP contribution in [-0.4, -0.2) is 0 Å². The maximum absolute atomic E-state index is 13.2. The summed E-state index contributed by atoms with van der Waals surface area (Å²) in [6.45, 7) is 0. The highest BCUT2D eigenvalue weighted by Crippen LogP contribution is 2.27. The first-order chi connectivity index (χ1) is 6.33. The highest BCUT2D eigenvalue weighted by atomic mass is 19.1. The molecule has 0 radical (unpaired) electrons. The monoisotopic (exact) mass is 173 g/mol. The third-order valence-electron chi connectivity index (χ3n) is 2.27. The van der Waals surface area contributed by atoms with Gasteiger partial charge in [0.15, 0.2) is 0 Å². The number of hydrogen-bond donors (Lipinski definition) is 0. The number of nitriles is 1. The van der Waals surface area contributed by atoms with Crippen LogP contribution in [0.1, 0.15) is 17.5 Å². The molecule has 0 saturated heterocycles. The first kappa shape index (κ1) is 8.00. The summed E-state index contributed by atoms with van der Waals surface area (Å²) in [6.07, 6.45) is 3.33. The Balaban J connectivity index is 2.63. The minimum absolute atomic E-state index is 0.196. The first-order valence-corrected chi connectivity index (χ1v) is 4.21. The molecule has 0 aromatic heterocycles. The number of halogens is 1. The fourth-order valence-corrected chi connectivity index (χ4v) is 1.64. The van der Waals surface area contributed by atoms with Crippen LogP contribution in [0, 0.1) is 17.1 Å². The maximum atomic E-state index is 13.2. The van der Waals surface area contributed by atoms with Gasteiger partial charge in [0.2, 0.25) is 0 Å². The Bertz CT molecular complexity index is 413. The molecule has 0 unspecified atom stereocenters. The van der Waals surface area contributed by atoms with Crippen molar-refractivity contribution in [3.63, 3.8) is 0 Å². The number of benzene rings is 1. The quantitative estimate of drug-likeness (QED) is 0.591. The van der Waals surface area contributed by atoms with Crippen LogP contribution >= 0.6 is 0 Å². The fourth-order valence-electron chi connectivity index (χ4n) is 1.64. The molecule has 0 saturated carbocycles. The number of nitrogens with zero attached hydrogens (tertiary/aromatic N) is 1. The lowest BCUT2D eigenvalue weighted by Crippen LogP contribution is -2.01. The molecule has 0 aliphatic heterocycles. The summed E-state index contributed by atoms with van der Waals surface area (Å²) in [5, 5.41) is 8.79. The Morgan fingerprint density at radius 2 is 2.23 bits per heavy atom. The summed E-state index contributed by atoms with van der Waals surface area (Å²) in [5.74, 6) is -0.196. The van der Waals surface area contributed by atoms with E-state index in [1.807, 2.05) is 6.08 Å². The molecular weight excluding hydrogens is 165 g/mol. The molecule has 2 heteroatoms. The summed E-state index contributed by atoms with van der Waals surface area (Å²) in [6, 6.07) is 6.97. The van der Waals surface area contributed by atoms with E-state index < -0.39 is 0 Å². The third kappa shape index (κ3) is 1.23. The van der Waals surface area contributed by atoms with Gasteiger partial charge in [-0.25, -0.2) is 4.39 Å². The first-order valence-electron chi connectivity index (χ1n) is 4.21. The smallest absolute Gasteiger partial charge is 0.127 e. The molecule has 1 aromatic rings. The summed E-state index contributed by atoms with van der Waals surface area (Å²) < 4.78 is 13.2. The molecule has 1 aliphatic rings. The molecule has 2 rings (SSSR count). The van der Waals surface area contributed by atoms with E-state index in [1.165, 1.54) is 6.07 Å². The van der Waals surface area contributed by atoms with Gasteiger partial charge >= 0.3 is 0 Å². The van der Waals surface area contributed by atoms with Gasteiger partial charge < -0.3 is 0 Å². The Hall–Kier alpha value is -1.62. The summed E-state index contributed by atoms with van der Waals surface area (Å²) in [4.78, 5) is 0. The van der Waals surface area contributed by atoms with Gasteiger partial charge in [-0.05, 0) is 30.0 Å². The number of hydrogen-bond acceptors (Lipinski definition) is 1. The standard InChI is InChI=1S/C11H8FN/c12-11-6-2-4-9-8(7-13)3-1-5-10(9)11/h2-4,6H,1,5H2. The predicted molar refractivity (Wildman–Crippen MR) is 48.3 cm³/mol. The van der Waals surface area contributed by atoms with E-state index in [-0.39, 0.29) is 5.82 Å². The lowest BCUT2D eigenvalue weighted by molar-refractivity contribution is 0.607. The van der Waals surface area contributed by atoms with Gasteiger partial charge in [-0.1, -0.05) is 18.2 Å². The molecule has 0 amide bonds. The normalized spacial score (nSPS) is 14.3. The SMILES string of the molecule is N#CC1=CCCc2c(F)cccc21. The molecule has 0 N–H and O–H groups in total. The molecule has 1 nitrogen and oxygen atoms in total. The minimum Gasteiger partial charge on any atom is -0.207 e. The van der Waals surface area contributed by atoms with E-state index in [0.717, 1.165) is 12.0 Å². The largest absolute Gasteiger partial charge is 0.207 e. The maximum Gasteiger partial charge on any atom is 0.127 e. The molecular formula is C11H8FN. The second-order valence-electron chi connectivity index (χ2n) is 3.03. The molecule has 0 bridgehead atoms. The van der Waals surface area contributed by atoms with Crippen LogP contribution in [0.25, 0.3) is 5.57 Å². The van der Waals surface area contributed by atoms with E-state index in [2.05, 4.69) is 6.07 Å². The van der Waals surface area contributed by atoms with E-state index in [9.17, 15) is 4.39 Å². The van der Waals surface area contributed by atoms with Crippen molar-refractivity contribution in [1.82, 2.24) is 0 Å². The highest BCUT2D eigenvalue weighted by Gasteiger charge is 2.14. The van der Waals surface area contributed by atoms with Gasteiger partial charge in [0, 0.05) is 0 Å². The number of fused-ring (bicyclic) bond motifs is 1. The average molecular weight is 173 g/mol. The second-order valence-corrected chi connectivity index (χ2v) is 3.03. The van der Waals surface area contributed by atoms with Crippen LogP contribution in [0.3, 0.4) is 0 Å². The molecule has 0 fully saturated rings. The Morgan fingerprint density at radius 3 is 3.00 bits per heavy atom. The van der Waals surface area contributed by atoms with Crippen molar-refractivity contribution in [2.75, 3.05) is 0 Å². The fraction of sp³-hybridized carbons (Fsp3) is 0.182. The topological polar surface area (TPSA) is 23.8 Å². The predicted octanol–water partition coefficient (Wildman–Crippen LogP) is 2.68. The highest BCUT2D eigenvalue weighted by molar-refractivity contribution is 5.79. The summed E-state index contributed by atoms with van der Waals surface area (Å²) in [7, 11) is 0. The molecule has 13 heavy (non-hydrogen) atoms. The molecule has 64 valence electrons. The zero-order valence-corrected chi connectivity index (χ0v) is 7.05. The van der Waals surface area contributed by atoms with Crippen molar-refractivity contribution in [2.24, 2.45) is 0 Å². The van der Waals surface area contributed by atoms with Crippen molar-refractivity contribution in [1.29, 1.82) is 5.26 Å². The molecule has 0 atom stereocenters. The lowest BCUT2D eigenvalue weighted by atomic mass is 9.91. The molecule has 0 heterocycles. The van der Waals surface area contributed by atoms with Gasteiger partial charge in [-0.15, -0.1) is 0 Å². The Kier molecular flexibility index (Phi) is 1.86. The van der Waals surface area contributed by atoms with E-state index in [4.69, 9.17) is 5.26 Å². The van der Waals surface area contributed by atoms with Crippen LogP contribution in [0.15, 0.2) is 24.3 Å². The number of rotatable bonds is 0. The van der Waals surface area contributed by atoms with Gasteiger partial charge in [0.25, 0.3) is 0 Å². The van der Waals surface area contributed by atoms with Crippen LogP contribution < -0.4 is 0 Å². The van der Waals surface area contributed by atoms with Gasteiger partial charge in [-0.3, -0.25) is 0 Å². The van der Waals surface area contributed by atoms with Crippen molar-refractivity contribution in [2.45, 2.75) is 12.8 Å². The van der Waals surface area contributed by atoms with E-state index >= 15 is 0 Å². The Labute approximate surface area is 76.1 Å². The zero-order chi connectivity index (χ0) is 9.26. The van der Waals surface area contributed by atoms with Crippen molar-refractivity contribution in [3.8, 4) is 6.07 Å². The van der Waals surface area contributed by atoms with Crippen LogP contribution in [-0.2, 0) is 6.42 Å². The van der Waals surface area contributed by atoms with Crippen molar-refractivity contribution >= 4 is 5.57 Å². The van der Waals surface area contributed by atoms with Gasteiger partial charge in [-0.2, -0.15) is 5.26 Å². The van der Waals surface area contributed by atoms with Crippen molar-refractivity contribution in [3.05, 3.63) is 41.2 Å². The second kappa shape index (κ2) is 3.02. The lowest BCUT2D eigenvalue weighted by Gasteiger charge is -2.13. The summed E-state index contributed by atoms with van der Waals surface area (Å²) >= 11 is 0. The van der Waals surface area contributed by atoms with Gasteiger partial charge in [0.05, 0.1) is 11.6 Å². The van der Waals surface area contributed by atoms with Crippen LogP contribution in [0.2, 0.25) is 0 Å². The molecule has 0 spiro atoms. The average Bonchev–Trinajstić information content (AvgIpc) is 2.18. The Morgan fingerprint density at radius 1 is 1.38 bits per heavy atom. The van der Waals surface area contributed by atoms with Crippen LogP contribution in [0.5, 0.6) is 0 Å². The third-order valence-corrected chi connectivity index (χ3v) is 2.27. The van der Waals surface area contributed by atoms with E-state index in [1.54, 1.807) is 12.1 Å². The van der Waals surface area contributed by atoms with Crippen molar-refractivity contribution < 1.29 is 4.39 Å². The number of allylic oxidation sites excluding steroid dienone is 2. The van der Waals surface area contributed by atoms with E-state index in [0.29, 0.717) is 17.6 Å². The zero-order valence-electron chi connectivity index (χ0n) is 7.05. The van der Waals surface area contributed by atoms with Crippen LogP contribution in [0.4, 0.5) is 4.39 Å².